The monoisotopic (exact) mass is 232 g/mol. The Morgan fingerprint density at radius 3 is 3.18 bits per heavy atom. The van der Waals surface area contributed by atoms with Crippen molar-refractivity contribution in [1.82, 2.24) is 9.88 Å². The lowest BCUT2D eigenvalue weighted by atomic mass is 10.1. The summed E-state index contributed by atoms with van der Waals surface area (Å²) in [7, 11) is 0. The Morgan fingerprint density at radius 2 is 2.35 bits per heavy atom. The maximum absolute atomic E-state index is 12.0. The van der Waals surface area contributed by atoms with Gasteiger partial charge in [-0.1, -0.05) is 0 Å². The lowest BCUT2D eigenvalue weighted by Crippen LogP contribution is -2.53. The van der Waals surface area contributed by atoms with Gasteiger partial charge in [0, 0.05) is 25.3 Å². The van der Waals surface area contributed by atoms with Crippen molar-refractivity contribution in [3.63, 3.8) is 0 Å². The van der Waals surface area contributed by atoms with Crippen LogP contribution in [0.5, 0.6) is 0 Å². The second-order valence-electron chi connectivity index (χ2n) is 4.70. The summed E-state index contributed by atoms with van der Waals surface area (Å²) in [6, 6.07) is 2.25. The first kappa shape index (κ1) is 10.4. The molecular weight excluding hydrogens is 216 g/mol. The Balaban J connectivity index is 1.86. The van der Waals surface area contributed by atoms with E-state index in [1.807, 2.05) is 11.0 Å². The molecule has 0 radical (unpaired) electrons. The molecule has 2 aliphatic heterocycles. The first-order valence-corrected chi connectivity index (χ1v) is 5.99. The van der Waals surface area contributed by atoms with Gasteiger partial charge in [-0.3, -0.25) is 9.78 Å². The molecule has 0 aliphatic carbocycles. The van der Waals surface area contributed by atoms with E-state index in [2.05, 4.69) is 9.88 Å². The fourth-order valence-corrected chi connectivity index (χ4v) is 2.80. The van der Waals surface area contributed by atoms with Gasteiger partial charge < -0.3 is 15.5 Å². The van der Waals surface area contributed by atoms with Crippen LogP contribution in [0.4, 0.5) is 11.4 Å². The van der Waals surface area contributed by atoms with E-state index in [-0.39, 0.29) is 5.91 Å². The number of aromatic nitrogens is 1. The molecule has 2 fully saturated rings. The number of nitrogens with two attached hydrogens (primary N) is 1. The van der Waals surface area contributed by atoms with Crippen LogP contribution in [0.1, 0.15) is 12.8 Å². The number of amides is 1. The van der Waals surface area contributed by atoms with Gasteiger partial charge in [0.2, 0.25) is 5.91 Å². The molecule has 5 heteroatoms. The number of rotatable bonds is 1. The Bertz CT molecular complexity index is 448. The highest BCUT2D eigenvalue weighted by Gasteiger charge is 2.35. The number of fused-ring (bicyclic) bond motifs is 1. The number of pyridine rings is 1. The van der Waals surface area contributed by atoms with E-state index in [1.165, 1.54) is 0 Å². The second-order valence-corrected chi connectivity index (χ2v) is 4.70. The average molecular weight is 232 g/mol. The van der Waals surface area contributed by atoms with E-state index in [9.17, 15) is 4.79 Å². The number of carbonyl (C=O) groups excluding carboxylic acids is 1. The number of nitrogen functional groups attached to an aromatic ring is 1. The second kappa shape index (κ2) is 3.91. The van der Waals surface area contributed by atoms with Crippen LogP contribution in [0.25, 0.3) is 0 Å². The standard InChI is InChI=1S/C12H16N4O/c13-10-6-14-4-3-11(10)15-7-9-2-1-5-16(9)12(17)8-15/h3-4,6,9H,1-2,5,7-8,13H2. The van der Waals surface area contributed by atoms with Crippen molar-refractivity contribution in [2.24, 2.45) is 0 Å². The molecule has 3 rings (SSSR count). The quantitative estimate of drug-likeness (QED) is 0.764. The summed E-state index contributed by atoms with van der Waals surface area (Å²) in [5.74, 6) is 0.218. The van der Waals surface area contributed by atoms with Gasteiger partial charge in [0.1, 0.15) is 0 Å². The zero-order valence-electron chi connectivity index (χ0n) is 9.67. The van der Waals surface area contributed by atoms with Crippen LogP contribution in [0.3, 0.4) is 0 Å². The summed E-state index contributed by atoms with van der Waals surface area (Å²) in [4.78, 5) is 20.1. The van der Waals surface area contributed by atoms with Crippen LogP contribution in [0.2, 0.25) is 0 Å². The molecule has 3 heterocycles. The molecule has 1 unspecified atom stereocenters. The summed E-state index contributed by atoms with van der Waals surface area (Å²) in [5, 5.41) is 0. The maximum Gasteiger partial charge on any atom is 0.242 e. The van der Waals surface area contributed by atoms with E-state index in [4.69, 9.17) is 5.73 Å². The van der Waals surface area contributed by atoms with Crippen LogP contribution >= 0.6 is 0 Å². The third kappa shape index (κ3) is 1.71. The molecule has 0 spiro atoms. The predicted octanol–water partition coefficient (Wildman–Crippen LogP) is 0.475. The Labute approximate surface area is 100 Å². The van der Waals surface area contributed by atoms with Crippen LogP contribution < -0.4 is 10.6 Å². The molecule has 1 aromatic rings. The van der Waals surface area contributed by atoms with Gasteiger partial charge in [-0.05, 0) is 18.9 Å². The number of hydrogen-bond donors (Lipinski definition) is 1. The Hall–Kier alpha value is -1.78. The largest absolute Gasteiger partial charge is 0.396 e. The number of anilines is 2. The van der Waals surface area contributed by atoms with E-state index < -0.39 is 0 Å². The zero-order valence-corrected chi connectivity index (χ0v) is 9.67. The van der Waals surface area contributed by atoms with Crippen molar-refractivity contribution in [2.75, 3.05) is 30.3 Å². The normalized spacial score (nSPS) is 24.0. The highest BCUT2D eigenvalue weighted by atomic mass is 16.2. The molecule has 17 heavy (non-hydrogen) atoms. The first-order valence-electron chi connectivity index (χ1n) is 5.99. The van der Waals surface area contributed by atoms with Crippen molar-refractivity contribution in [2.45, 2.75) is 18.9 Å². The summed E-state index contributed by atoms with van der Waals surface area (Å²) < 4.78 is 0. The zero-order chi connectivity index (χ0) is 11.8. The van der Waals surface area contributed by atoms with Gasteiger partial charge in [0.05, 0.1) is 24.1 Å². The fourth-order valence-electron chi connectivity index (χ4n) is 2.80. The molecule has 5 nitrogen and oxygen atoms in total. The minimum atomic E-state index is 0.218. The molecule has 0 saturated carbocycles. The Morgan fingerprint density at radius 1 is 1.47 bits per heavy atom. The number of piperazine rings is 1. The molecule has 2 aliphatic rings. The van der Waals surface area contributed by atoms with E-state index >= 15 is 0 Å². The molecular formula is C12H16N4O. The number of carbonyl (C=O) groups is 1. The summed E-state index contributed by atoms with van der Waals surface area (Å²) >= 11 is 0. The highest BCUT2D eigenvalue weighted by Crippen LogP contribution is 2.28. The van der Waals surface area contributed by atoms with Gasteiger partial charge in [0.15, 0.2) is 0 Å². The molecule has 2 saturated heterocycles. The third-order valence-corrected chi connectivity index (χ3v) is 3.62. The lowest BCUT2D eigenvalue weighted by Gasteiger charge is -2.38. The van der Waals surface area contributed by atoms with E-state index in [1.54, 1.807) is 12.4 Å². The molecule has 2 N–H and O–H groups in total. The predicted molar refractivity (Wildman–Crippen MR) is 65.6 cm³/mol. The first-order chi connectivity index (χ1) is 8.25. The third-order valence-electron chi connectivity index (χ3n) is 3.62. The summed E-state index contributed by atoms with van der Waals surface area (Å²) in [6.07, 6.45) is 5.58. The Kier molecular flexibility index (Phi) is 2.39. The van der Waals surface area contributed by atoms with Crippen molar-refractivity contribution >= 4 is 17.3 Å². The molecule has 1 amide bonds. The molecule has 0 bridgehead atoms. The van der Waals surface area contributed by atoms with Gasteiger partial charge >= 0.3 is 0 Å². The number of nitrogens with zero attached hydrogens (tertiary/aromatic N) is 3. The SMILES string of the molecule is Nc1cnccc1N1CC(=O)N2CCCC2C1. The van der Waals surface area contributed by atoms with Crippen LogP contribution in [0.15, 0.2) is 18.5 Å². The highest BCUT2D eigenvalue weighted by molar-refractivity contribution is 5.85. The molecule has 1 aromatic heterocycles. The number of hydrogen-bond acceptors (Lipinski definition) is 4. The topological polar surface area (TPSA) is 62.5 Å². The fraction of sp³-hybridized carbons (Fsp3) is 0.500. The minimum absolute atomic E-state index is 0.218. The van der Waals surface area contributed by atoms with Gasteiger partial charge in [-0.25, -0.2) is 0 Å². The van der Waals surface area contributed by atoms with Crippen molar-refractivity contribution in [3.05, 3.63) is 18.5 Å². The molecule has 0 aromatic carbocycles. The van der Waals surface area contributed by atoms with E-state index in [0.29, 0.717) is 18.3 Å². The average Bonchev–Trinajstić information content (AvgIpc) is 2.78. The van der Waals surface area contributed by atoms with Gasteiger partial charge in [-0.15, -0.1) is 0 Å². The smallest absolute Gasteiger partial charge is 0.242 e. The lowest BCUT2D eigenvalue weighted by molar-refractivity contribution is -0.131. The summed E-state index contributed by atoms with van der Waals surface area (Å²) in [5.41, 5.74) is 7.48. The van der Waals surface area contributed by atoms with Gasteiger partial charge in [0.25, 0.3) is 0 Å². The molecule has 1 atom stereocenters. The van der Waals surface area contributed by atoms with Crippen molar-refractivity contribution < 1.29 is 4.79 Å². The van der Waals surface area contributed by atoms with Crippen LogP contribution in [0, 0.1) is 0 Å². The minimum Gasteiger partial charge on any atom is -0.396 e. The van der Waals surface area contributed by atoms with Crippen LogP contribution in [-0.4, -0.2) is 41.5 Å². The summed E-state index contributed by atoms with van der Waals surface area (Å²) in [6.45, 7) is 2.24. The van der Waals surface area contributed by atoms with E-state index in [0.717, 1.165) is 31.6 Å². The van der Waals surface area contributed by atoms with Crippen molar-refractivity contribution in [1.29, 1.82) is 0 Å². The van der Waals surface area contributed by atoms with Crippen LogP contribution in [-0.2, 0) is 4.79 Å². The van der Waals surface area contributed by atoms with Gasteiger partial charge in [-0.2, -0.15) is 0 Å². The maximum atomic E-state index is 12.0. The van der Waals surface area contributed by atoms with Crippen molar-refractivity contribution in [3.8, 4) is 0 Å². The molecule has 90 valence electrons.